The van der Waals surface area contributed by atoms with Gasteiger partial charge in [0.05, 0.1) is 23.1 Å². The Balaban J connectivity index is 1.26. The number of nitrogens with one attached hydrogen (secondary N) is 1. The van der Waals surface area contributed by atoms with E-state index in [4.69, 9.17) is 17.3 Å². The highest BCUT2D eigenvalue weighted by Gasteiger charge is 2.32. The van der Waals surface area contributed by atoms with Gasteiger partial charge in [0, 0.05) is 61.3 Å². The normalized spacial score (nSPS) is 14.9. The van der Waals surface area contributed by atoms with E-state index >= 15 is 0 Å². The third kappa shape index (κ3) is 4.48. The number of amides is 1. The summed E-state index contributed by atoms with van der Waals surface area (Å²) in [6, 6.07) is 8.07. The summed E-state index contributed by atoms with van der Waals surface area (Å²) in [5.74, 6) is 0.0509. The molecule has 1 aliphatic heterocycles. The van der Waals surface area contributed by atoms with Crippen LogP contribution in [0.25, 0.3) is 22.4 Å². The van der Waals surface area contributed by atoms with Crippen molar-refractivity contribution in [3.8, 4) is 11.4 Å². The van der Waals surface area contributed by atoms with Crippen molar-refractivity contribution in [3.63, 3.8) is 0 Å². The first kappa shape index (κ1) is 24.1. The van der Waals surface area contributed by atoms with Gasteiger partial charge in [-0.1, -0.05) is 11.6 Å². The monoisotopic (exact) mass is 528 g/mol. The fourth-order valence-electron chi connectivity index (χ4n) is 3.92. The number of nitrogens with zero attached hydrogens (tertiary/aromatic N) is 6. The van der Waals surface area contributed by atoms with Gasteiger partial charge in [-0.05, 0) is 18.2 Å². The number of halogens is 1. The van der Waals surface area contributed by atoms with Gasteiger partial charge in [-0.15, -0.1) is 0 Å². The molecule has 1 amide bonds. The molecule has 14 heteroatoms. The minimum atomic E-state index is -3.87. The fourth-order valence-corrected chi connectivity index (χ4v) is 5.43. The maximum atomic E-state index is 13.1. The maximum absolute atomic E-state index is 13.1. The van der Waals surface area contributed by atoms with Crippen molar-refractivity contribution >= 4 is 38.6 Å². The summed E-state index contributed by atoms with van der Waals surface area (Å²) in [6.07, 6.45) is 4.15. The molecule has 3 N–H and O–H groups in total. The van der Waals surface area contributed by atoms with Crippen molar-refractivity contribution in [2.75, 3.05) is 26.2 Å². The lowest BCUT2D eigenvalue weighted by Crippen LogP contribution is -2.50. The molecule has 0 bridgehead atoms. The van der Waals surface area contributed by atoms with Crippen molar-refractivity contribution in [2.24, 2.45) is 5.73 Å². The molecule has 1 saturated heterocycles. The fraction of sp³-hybridized carbons (Fsp3) is 0.227. The molecule has 0 saturated carbocycles. The van der Waals surface area contributed by atoms with Gasteiger partial charge in [-0.25, -0.2) is 23.4 Å². The molecule has 36 heavy (non-hydrogen) atoms. The van der Waals surface area contributed by atoms with E-state index in [-0.39, 0.29) is 49.4 Å². The van der Waals surface area contributed by atoms with E-state index in [1.165, 1.54) is 22.9 Å². The molecule has 1 aromatic carbocycles. The van der Waals surface area contributed by atoms with E-state index in [1.807, 2.05) is 0 Å². The molecular weight excluding hydrogens is 508 g/mol. The number of hydrogen-bond donors (Lipinski definition) is 2. The molecule has 0 unspecified atom stereocenters. The van der Waals surface area contributed by atoms with Crippen LogP contribution in [0, 0.1) is 5.21 Å². The molecular formula is C22H21ClN8O4S. The van der Waals surface area contributed by atoms with E-state index in [1.54, 1.807) is 35.2 Å². The average molecular weight is 529 g/mol. The summed E-state index contributed by atoms with van der Waals surface area (Å²) in [5, 5.41) is 12.0. The van der Waals surface area contributed by atoms with Gasteiger partial charge in [-0.3, -0.25) is 4.79 Å². The van der Waals surface area contributed by atoms with Crippen LogP contribution in [0.3, 0.4) is 0 Å². The van der Waals surface area contributed by atoms with Gasteiger partial charge in [0.2, 0.25) is 10.9 Å². The predicted octanol–water partition coefficient (Wildman–Crippen LogP) is 0.912. The third-order valence-electron chi connectivity index (χ3n) is 5.89. The largest absolute Gasteiger partial charge is 0.618 e. The Kier molecular flexibility index (Phi) is 6.30. The number of aromatic nitrogens is 5. The minimum Gasteiger partial charge on any atom is -0.618 e. The van der Waals surface area contributed by atoms with Gasteiger partial charge in [0.15, 0.2) is 12.0 Å². The molecule has 3 aromatic heterocycles. The number of hydrogen-bond acceptors (Lipinski definition) is 8. The average Bonchev–Trinajstić information content (AvgIpc) is 3.33. The Morgan fingerprint density at radius 1 is 1.14 bits per heavy atom. The Labute approximate surface area is 211 Å². The highest BCUT2D eigenvalue weighted by atomic mass is 35.5. The molecule has 4 aromatic rings. The van der Waals surface area contributed by atoms with Crippen LogP contribution in [0.4, 0.5) is 0 Å². The van der Waals surface area contributed by atoms with Gasteiger partial charge in [0.25, 0.3) is 15.9 Å². The predicted molar refractivity (Wildman–Crippen MR) is 130 cm³/mol. The van der Waals surface area contributed by atoms with E-state index in [9.17, 15) is 18.4 Å². The SMILES string of the molecule is NCc1cc(-c2ncc(C(=O)N3CCN(S(=O)(=O)c4nc5cc(Cl)ccc5[nH]4)CC3)cn2)cc[n+]1[O-]. The highest BCUT2D eigenvalue weighted by Crippen LogP contribution is 2.22. The first-order chi connectivity index (χ1) is 17.3. The van der Waals surface area contributed by atoms with Crippen molar-refractivity contribution in [1.82, 2.24) is 29.1 Å². The van der Waals surface area contributed by atoms with Crippen LogP contribution in [0.2, 0.25) is 5.02 Å². The minimum absolute atomic E-state index is 0.0697. The maximum Gasteiger partial charge on any atom is 0.276 e. The van der Waals surface area contributed by atoms with Gasteiger partial charge in [-0.2, -0.15) is 9.04 Å². The number of benzene rings is 1. The lowest BCUT2D eigenvalue weighted by Gasteiger charge is -2.33. The van der Waals surface area contributed by atoms with Crippen molar-refractivity contribution in [2.45, 2.75) is 11.7 Å². The number of nitrogens with two attached hydrogens (primary N) is 1. The summed E-state index contributed by atoms with van der Waals surface area (Å²) in [7, 11) is -3.87. The highest BCUT2D eigenvalue weighted by molar-refractivity contribution is 7.89. The van der Waals surface area contributed by atoms with Gasteiger partial charge in [0.1, 0.15) is 0 Å². The van der Waals surface area contributed by atoms with Crippen LogP contribution in [-0.2, 0) is 16.6 Å². The van der Waals surface area contributed by atoms with Crippen LogP contribution < -0.4 is 10.5 Å². The standard InChI is InChI=1S/C22H21ClN8O4S/c23-16-1-2-18-19(10-16)28-22(27-18)36(34,35)30-7-5-29(6-8-30)21(32)15-12-25-20(26-13-15)14-3-4-31(33)17(9-14)11-24/h1-4,9-10,12-13H,5-8,11,24H2,(H,27,28). The Morgan fingerprint density at radius 3 is 2.56 bits per heavy atom. The van der Waals surface area contributed by atoms with Crippen molar-refractivity contribution in [3.05, 3.63) is 70.4 Å². The zero-order valence-electron chi connectivity index (χ0n) is 18.8. The number of fused-ring (bicyclic) bond motifs is 1. The Morgan fingerprint density at radius 2 is 1.86 bits per heavy atom. The second kappa shape index (κ2) is 9.43. The second-order valence-electron chi connectivity index (χ2n) is 8.13. The lowest BCUT2D eigenvalue weighted by molar-refractivity contribution is -0.613. The van der Waals surface area contributed by atoms with Crippen LogP contribution in [0.1, 0.15) is 16.1 Å². The van der Waals surface area contributed by atoms with Crippen molar-refractivity contribution in [1.29, 1.82) is 0 Å². The van der Waals surface area contributed by atoms with Crippen molar-refractivity contribution < 1.29 is 17.9 Å². The number of pyridine rings is 1. The Bertz CT molecular complexity index is 1550. The molecule has 1 aliphatic rings. The van der Waals surface area contributed by atoms with Crippen LogP contribution >= 0.6 is 11.6 Å². The number of imidazole rings is 1. The summed E-state index contributed by atoms with van der Waals surface area (Å²) in [4.78, 5) is 30.0. The molecule has 1 fully saturated rings. The third-order valence-corrected chi connectivity index (χ3v) is 7.86. The Hall–Kier alpha value is -3.65. The van der Waals surface area contributed by atoms with E-state index in [2.05, 4.69) is 19.9 Å². The van der Waals surface area contributed by atoms with E-state index in [0.717, 1.165) is 0 Å². The molecule has 4 heterocycles. The molecule has 5 rings (SSSR count). The molecule has 0 atom stereocenters. The molecule has 0 radical (unpaired) electrons. The zero-order chi connectivity index (χ0) is 25.4. The van der Waals surface area contributed by atoms with Crippen LogP contribution in [0.15, 0.2) is 54.1 Å². The number of sulfonamides is 1. The number of aromatic amines is 1. The van der Waals surface area contributed by atoms with E-state index in [0.29, 0.717) is 37.9 Å². The topological polar surface area (TPSA) is 165 Å². The van der Waals surface area contributed by atoms with E-state index < -0.39 is 10.0 Å². The van der Waals surface area contributed by atoms with Crippen LogP contribution in [0.5, 0.6) is 0 Å². The summed E-state index contributed by atoms with van der Waals surface area (Å²) >= 11 is 5.97. The lowest BCUT2D eigenvalue weighted by atomic mass is 10.2. The number of piperazine rings is 1. The number of rotatable bonds is 5. The summed E-state index contributed by atoms with van der Waals surface area (Å²) in [6.45, 7) is 0.708. The molecule has 0 spiro atoms. The number of carbonyl (C=O) groups is 1. The zero-order valence-corrected chi connectivity index (χ0v) is 20.4. The molecule has 186 valence electrons. The molecule has 12 nitrogen and oxygen atoms in total. The summed E-state index contributed by atoms with van der Waals surface area (Å²) in [5.41, 5.74) is 7.85. The quantitative estimate of drug-likeness (QED) is 0.285. The summed E-state index contributed by atoms with van der Waals surface area (Å²) < 4.78 is 28.1. The first-order valence-electron chi connectivity index (χ1n) is 11.0. The van der Waals surface area contributed by atoms with Gasteiger partial charge >= 0.3 is 0 Å². The second-order valence-corrected chi connectivity index (χ2v) is 10.4. The number of carbonyl (C=O) groups excluding carboxylic acids is 1. The molecule has 0 aliphatic carbocycles. The van der Waals surface area contributed by atoms with Gasteiger partial charge < -0.3 is 20.8 Å². The number of H-pyrrole nitrogens is 1. The smallest absolute Gasteiger partial charge is 0.276 e. The first-order valence-corrected chi connectivity index (χ1v) is 12.8. The van der Waals surface area contributed by atoms with Crippen LogP contribution in [-0.4, -0.2) is 69.6 Å².